The molecule has 0 aliphatic rings. The molecule has 1 aromatic carbocycles. The molecule has 0 fully saturated rings. The van der Waals surface area contributed by atoms with Gasteiger partial charge in [0.1, 0.15) is 10.7 Å². The summed E-state index contributed by atoms with van der Waals surface area (Å²) in [6.07, 6.45) is 0. The third kappa shape index (κ3) is 2.31. The Morgan fingerprint density at radius 2 is 2.06 bits per heavy atom. The first-order chi connectivity index (χ1) is 7.70. The highest BCUT2D eigenvalue weighted by Gasteiger charge is 2.06. The fourth-order valence-corrected chi connectivity index (χ4v) is 2.35. The maximum absolute atomic E-state index is 8.65. The van der Waals surface area contributed by atoms with E-state index in [1.807, 2.05) is 29.6 Å². The van der Waals surface area contributed by atoms with Gasteiger partial charge in [0.05, 0.1) is 5.69 Å². The van der Waals surface area contributed by atoms with Gasteiger partial charge in [0, 0.05) is 15.4 Å². The molecule has 0 aliphatic carbocycles. The summed E-state index contributed by atoms with van der Waals surface area (Å²) in [5.41, 5.74) is 2.30. The van der Waals surface area contributed by atoms with Gasteiger partial charge in [-0.15, -0.1) is 11.3 Å². The molecular weight excluding hydrogens is 288 g/mol. The maximum Gasteiger partial charge on any atom is 0.124 e. The van der Waals surface area contributed by atoms with E-state index < -0.39 is 0 Å². The molecule has 82 valence electrons. The normalized spacial score (nSPS) is 11.8. The minimum absolute atomic E-state index is 0.527. The second-order valence-corrected chi connectivity index (χ2v) is 5.00. The Balaban J connectivity index is 2.35. The second-order valence-electron chi connectivity index (χ2n) is 3.23. The van der Waals surface area contributed by atoms with Gasteiger partial charge in [-0.2, -0.15) is 0 Å². The van der Waals surface area contributed by atoms with E-state index in [4.69, 9.17) is 5.21 Å². The molecule has 0 unspecified atom stereocenters. The summed E-state index contributed by atoms with van der Waals surface area (Å²) in [5, 5.41) is 14.6. The zero-order chi connectivity index (χ0) is 11.5. The number of rotatable bonds is 2. The summed E-state index contributed by atoms with van der Waals surface area (Å²) in [6, 6.07) is 7.95. The van der Waals surface area contributed by atoms with Crippen molar-refractivity contribution in [2.45, 2.75) is 6.92 Å². The van der Waals surface area contributed by atoms with Gasteiger partial charge < -0.3 is 5.21 Å². The molecule has 2 rings (SSSR count). The number of benzene rings is 1. The van der Waals surface area contributed by atoms with E-state index in [1.54, 1.807) is 6.92 Å². The van der Waals surface area contributed by atoms with Crippen LogP contribution in [0.4, 0.5) is 0 Å². The molecule has 0 atom stereocenters. The van der Waals surface area contributed by atoms with Gasteiger partial charge in [0.25, 0.3) is 0 Å². The first kappa shape index (κ1) is 11.3. The van der Waals surface area contributed by atoms with Gasteiger partial charge >= 0.3 is 0 Å². The molecule has 1 heterocycles. The molecule has 2 aromatic rings. The predicted molar refractivity (Wildman–Crippen MR) is 69.2 cm³/mol. The molecule has 0 radical (unpaired) electrons. The summed E-state index contributed by atoms with van der Waals surface area (Å²) in [5.74, 6) is 0. The Labute approximate surface area is 106 Å². The van der Waals surface area contributed by atoms with E-state index in [0.29, 0.717) is 11.4 Å². The van der Waals surface area contributed by atoms with E-state index in [9.17, 15) is 0 Å². The molecule has 16 heavy (non-hydrogen) atoms. The zero-order valence-corrected chi connectivity index (χ0v) is 10.9. The lowest BCUT2D eigenvalue weighted by Crippen LogP contribution is -1.94. The molecule has 0 saturated heterocycles. The number of nitrogens with zero attached hydrogens (tertiary/aromatic N) is 2. The molecular formula is C11H9BrN2OS. The highest BCUT2D eigenvalue weighted by atomic mass is 79.9. The van der Waals surface area contributed by atoms with Crippen LogP contribution in [-0.2, 0) is 0 Å². The minimum atomic E-state index is 0.527. The van der Waals surface area contributed by atoms with Crippen LogP contribution in [0.3, 0.4) is 0 Å². The van der Waals surface area contributed by atoms with Gasteiger partial charge in [-0.25, -0.2) is 4.98 Å². The lowest BCUT2D eigenvalue weighted by Gasteiger charge is -1.95. The monoisotopic (exact) mass is 296 g/mol. The Kier molecular flexibility index (Phi) is 3.36. The van der Waals surface area contributed by atoms with E-state index in [0.717, 1.165) is 15.0 Å². The SMILES string of the molecule is C/C(=N/O)c1csc(-c2ccc(Br)cc2)n1. The maximum atomic E-state index is 8.65. The molecule has 1 aromatic heterocycles. The van der Waals surface area contributed by atoms with Crippen molar-refractivity contribution < 1.29 is 5.21 Å². The van der Waals surface area contributed by atoms with Crippen molar-refractivity contribution in [1.29, 1.82) is 0 Å². The minimum Gasteiger partial charge on any atom is -0.411 e. The van der Waals surface area contributed by atoms with Gasteiger partial charge in [-0.3, -0.25) is 0 Å². The standard InChI is InChI=1S/C11H9BrN2OS/c1-7(14-15)10-6-16-11(13-10)8-2-4-9(12)5-3-8/h2-6,15H,1H3/b14-7-. The van der Waals surface area contributed by atoms with Crippen molar-refractivity contribution in [3.63, 3.8) is 0 Å². The van der Waals surface area contributed by atoms with Crippen LogP contribution in [0.2, 0.25) is 0 Å². The average molecular weight is 297 g/mol. The van der Waals surface area contributed by atoms with Crippen LogP contribution in [0.5, 0.6) is 0 Å². The Morgan fingerprint density at radius 1 is 1.38 bits per heavy atom. The summed E-state index contributed by atoms with van der Waals surface area (Å²) in [4.78, 5) is 4.39. The molecule has 0 spiro atoms. The van der Waals surface area contributed by atoms with E-state index in [2.05, 4.69) is 26.1 Å². The highest BCUT2D eigenvalue weighted by molar-refractivity contribution is 9.10. The lowest BCUT2D eigenvalue weighted by molar-refractivity contribution is 0.319. The van der Waals surface area contributed by atoms with Gasteiger partial charge in [-0.1, -0.05) is 33.2 Å². The fraction of sp³-hybridized carbons (Fsp3) is 0.0909. The topological polar surface area (TPSA) is 45.5 Å². The molecule has 3 nitrogen and oxygen atoms in total. The summed E-state index contributed by atoms with van der Waals surface area (Å²) < 4.78 is 1.04. The summed E-state index contributed by atoms with van der Waals surface area (Å²) >= 11 is 4.92. The van der Waals surface area contributed by atoms with Crippen molar-refractivity contribution in [1.82, 2.24) is 4.98 Å². The number of hydrogen-bond acceptors (Lipinski definition) is 4. The lowest BCUT2D eigenvalue weighted by atomic mass is 10.2. The Hall–Kier alpha value is -1.20. The van der Waals surface area contributed by atoms with Crippen LogP contribution in [0.1, 0.15) is 12.6 Å². The van der Waals surface area contributed by atoms with Crippen LogP contribution >= 0.6 is 27.3 Å². The van der Waals surface area contributed by atoms with Crippen LogP contribution in [0.15, 0.2) is 39.3 Å². The molecule has 0 amide bonds. The Morgan fingerprint density at radius 3 is 2.69 bits per heavy atom. The van der Waals surface area contributed by atoms with Crippen LogP contribution in [0, 0.1) is 0 Å². The van der Waals surface area contributed by atoms with Crippen molar-refractivity contribution in [2.75, 3.05) is 0 Å². The molecule has 1 N–H and O–H groups in total. The average Bonchev–Trinajstić information content (AvgIpc) is 2.78. The van der Waals surface area contributed by atoms with Crippen LogP contribution < -0.4 is 0 Å². The number of aromatic nitrogens is 1. The summed E-state index contributed by atoms with van der Waals surface area (Å²) in [7, 11) is 0. The number of halogens is 1. The number of oxime groups is 1. The van der Waals surface area contributed by atoms with Crippen molar-refractivity contribution in [2.24, 2.45) is 5.16 Å². The number of hydrogen-bond donors (Lipinski definition) is 1. The fourth-order valence-electron chi connectivity index (χ4n) is 1.22. The smallest absolute Gasteiger partial charge is 0.124 e. The van der Waals surface area contributed by atoms with E-state index in [1.165, 1.54) is 11.3 Å². The molecule has 5 heteroatoms. The number of thiazole rings is 1. The quantitative estimate of drug-likeness (QED) is 0.521. The molecule has 0 saturated carbocycles. The van der Waals surface area contributed by atoms with Gasteiger partial charge in [0.15, 0.2) is 0 Å². The van der Waals surface area contributed by atoms with Crippen LogP contribution in [0.25, 0.3) is 10.6 Å². The van der Waals surface area contributed by atoms with Gasteiger partial charge in [-0.05, 0) is 19.1 Å². The zero-order valence-electron chi connectivity index (χ0n) is 8.51. The van der Waals surface area contributed by atoms with Crippen molar-refractivity contribution >= 4 is 33.0 Å². The second kappa shape index (κ2) is 4.76. The van der Waals surface area contributed by atoms with Crippen molar-refractivity contribution in [3.8, 4) is 10.6 Å². The third-order valence-corrected chi connectivity index (χ3v) is 3.54. The molecule has 0 bridgehead atoms. The summed E-state index contributed by atoms with van der Waals surface area (Å²) in [6.45, 7) is 1.72. The largest absolute Gasteiger partial charge is 0.411 e. The third-order valence-electron chi connectivity index (χ3n) is 2.12. The first-order valence-electron chi connectivity index (χ1n) is 4.61. The predicted octanol–water partition coefficient (Wildman–Crippen LogP) is 3.77. The molecule has 0 aliphatic heterocycles. The van der Waals surface area contributed by atoms with Crippen molar-refractivity contribution in [3.05, 3.63) is 39.8 Å². The highest BCUT2D eigenvalue weighted by Crippen LogP contribution is 2.25. The van der Waals surface area contributed by atoms with E-state index >= 15 is 0 Å². The Bertz CT molecular complexity index is 519. The van der Waals surface area contributed by atoms with Gasteiger partial charge in [0.2, 0.25) is 0 Å². The van der Waals surface area contributed by atoms with E-state index in [-0.39, 0.29) is 0 Å². The van der Waals surface area contributed by atoms with Crippen LogP contribution in [-0.4, -0.2) is 15.9 Å². The first-order valence-corrected chi connectivity index (χ1v) is 6.28.